The summed E-state index contributed by atoms with van der Waals surface area (Å²) >= 11 is 0. The summed E-state index contributed by atoms with van der Waals surface area (Å²) in [5, 5.41) is 9.36. The second-order valence-electron chi connectivity index (χ2n) is 5.58. The lowest BCUT2D eigenvalue weighted by atomic mass is 9.98. The van der Waals surface area contributed by atoms with Crippen molar-refractivity contribution >= 4 is 5.91 Å². The van der Waals surface area contributed by atoms with E-state index < -0.39 is 11.7 Å². The molecule has 118 valence electrons. The van der Waals surface area contributed by atoms with Crippen LogP contribution in [0.3, 0.4) is 0 Å². The Kier molecular flexibility index (Phi) is 5.76. The number of benzene rings is 1. The van der Waals surface area contributed by atoms with Crippen LogP contribution in [0.4, 0.5) is 4.39 Å². The molecule has 22 heavy (non-hydrogen) atoms. The van der Waals surface area contributed by atoms with Crippen molar-refractivity contribution in [2.45, 2.75) is 32.1 Å². The number of hydrogen-bond acceptors (Lipinski definition) is 3. The van der Waals surface area contributed by atoms with Gasteiger partial charge in [0.1, 0.15) is 17.5 Å². The highest BCUT2D eigenvalue weighted by molar-refractivity contribution is 5.81. The average molecular weight is 304 g/mol. The SMILES string of the molecule is COc1ccc(F)cc1CC(C#N)C(=O)N1CCCCCC1. The summed E-state index contributed by atoms with van der Waals surface area (Å²) in [5.41, 5.74) is 0.553. The van der Waals surface area contributed by atoms with E-state index in [-0.39, 0.29) is 12.3 Å². The molecule has 1 atom stereocenters. The minimum Gasteiger partial charge on any atom is -0.496 e. The van der Waals surface area contributed by atoms with Crippen LogP contribution in [0.25, 0.3) is 0 Å². The summed E-state index contributed by atoms with van der Waals surface area (Å²) in [4.78, 5) is 14.3. The smallest absolute Gasteiger partial charge is 0.240 e. The van der Waals surface area contributed by atoms with Crippen LogP contribution in [-0.4, -0.2) is 31.0 Å². The Labute approximate surface area is 130 Å². The molecule has 1 aliphatic heterocycles. The lowest BCUT2D eigenvalue weighted by molar-refractivity contribution is -0.133. The topological polar surface area (TPSA) is 53.3 Å². The van der Waals surface area contributed by atoms with Gasteiger partial charge in [-0.05, 0) is 36.6 Å². The molecule has 0 aromatic heterocycles. The zero-order chi connectivity index (χ0) is 15.9. The molecule has 1 unspecified atom stereocenters. The van der Waals surface area contributed by atoms with Crippen molar-refractivity contribution in [1.82, 2.24) is 4.90 Å². The zero-order valence-corrected chi connectivity index (χ0v) is 12.8. The van der Waals surface area contributed by atoms with Gasteiger partial charge in [0, 0.05) is 19.5 Å². The summed E-state index contributed by atoms with van der Waals surface area (Å²) in [6.07, 6.45) is 4.38. The van der Waals surface area contributed by atoms with Gasteiger partial charge in [0.2, 0.25) is 5.91 Å². The van der Waals surface area contributed by atoms with Gasteiger partial charge >= 0.3 is 0 Å². The third kappa shape index (κ3) is 3.97. The lowest BCUT2D eigenvalue weighted by Crippen LogP contribution is -2.37. The van der Waals surface area contributed by atoms with Crippen molar-refractivity contribution in [3.8, 4) is 11.8 Å². The zero-order valence-electron chi connectivity index (χ0n) is 12.8. The third-order valence-electron chi connectivity index (χ3n) is 4.04. The summed E-state index contributed by atoms with van der Waals surface area (Å²) < 4.78 is 18.6. The van der Waals surface area contributed by atoms with Crippen molar-refractivity contribution in [3.63, 3.8) is 0 Å². The van der Waals surface area contributed by atoms with Crippen molar-refractivity contribution in [2.75, 3.05) is 20.2 Å². The van der Waals surface area contributed by atoms with Crippen LogP contribution in [0.2, 0.25) is 0 Å². The molecule has 1 aromatic carbocycles. The van der Waals surface area contributed by atoms with E-state index in [2.05, 4.69) is 6.07 Å². The van der Waals surface area contributed by atoms with Crippen molar-refractivity contribution in [1.29, 1.82) is 5.26 Å². The Morgan fingerprint density at radius 3 is 2.64 bits per heavy atom. The Bertz CT molecular complexity index is 560. The van der Waals surface area contributed by atoms with Crippen LogP contribution >= 0.6 is 0 Å². The maximum absolute atomic E-state index is 13.4. The van der Waals surface area contributed by atoms with Crippen LogP contribution in [0.1, 0.15) is 31.2 Å². The number of hydrogen-bond donors (Lipinski definition) is 0. The monoisotopic (exact) mass is 304 g/mol. The number of methoxy groups -OCH3 is 1. The predicted octanol–water partition coefficient (Wildman–Crippen LogP) is 2.92. The molecule has 1 aliphatic rings. The van der Waals surface area contributed by atoms with Gasteiger partial charge < -0.3 is 9.64 Å². The minimum atomic E-state index is -0.797. The fourth-order valence-electron chi connectivity index (χ4n) is 2.83. The van der Waals surface area contributed by atoms with Crippen LogP contribution in [0.5, 0.6) is 5.75 Å². The molecule has 1 fully saturated rings. The molecular formula is C17H21FN2O2. The summed E-state index contributed by atoms with van der Waals surface area (Å²) in [7, 11) is 1.49. The molecule has 0 aliphatic carbocycles. The number of amides is 1. The third-order valence-corrected chi connectivity index (χ3v) is 4.04. The molecule has 2 rings (SSSR count). The maximum atomic E-state index is 13.4. The van der Waals surface area contributed by atoms with Gasteiger partial charge in [-0.3, -0.25) is 4.79 Å². The highest BCUT2D eigenvalue weighted by Gasteiger charge is 2.26. The van der Waals surface area contributed by atoms with Gasteiger partial charge in [-0.25, -0.2) is 4.39 Å². The van der Waals surface area contributed by atoms with Crippen molar-refractivity contribution < 1.29 is 13.9 Å². The molecule has 0 spiro atoms. The largest absolute Gasteiger partial charge is 0.496 e. The number of halogens is 1. The first-order valence-electron chi connectivity index (χ1n) is 7.66. The molecule has 0 saturated carbocycles. The molecule has 0 radical (unpaired) electrons. The van der Waals surface area contributed by atoms with Gasteiger partial charge in [0.15, 0.2) is 0 Å². The van der Waals surface area contributed by atoms with Crippen molar-refractivity contribution in [3.05, 3.63) is 29.6 Å². The summed E-state index contributed by atoms with van der Waals surface area (Å²) in [6, 6.07) is 6.23. The van der Waals surface area contributed by atoms with E-state index in [1.165, 1.54) is 25.3 Å². The van der Waals surface area contributed by atoms with Crippen LogP contribution in [0, 0.1) is 23.1 Å². The number of carbonyl (C=O) groups is 1. The quantitative estimate of drug-likeness (QED) is 0.859. The second-order valence-corrected chi connectivity index (χ2v) is 5.58. The van der Waals surface area contributed by atoms with Gasteiger partial charge in [0.25, 0.3) is 0 Å². The fraction of sp³-hybridized carbons (Fsp3) is 0.529. The highest BCUT2D eigenvalue weighted by atomic mass is 19.1. The number of likely N-dealkylation sites (tertiary alicyclic amines) is 1. The molecule has 1 amide bonds. The minimum absolute atomic E-state index is 0.157. The van der Waals surface area contributed by atoms with Crippen LogP contribution in [-0.2, 0) is 11.2 Å². The molecule has 1 saturated heterocycles. The fourth-order valence-corrected chi connectivity index (χ4v) is 2.83. The molecule has 1 heterocycles. The van der Waals surface area contributed by atoms with Gasteiger partial charge in [-0.15, -0.1) is 0 Å². The highest BCUT2D eigenvalue weighted by Crippen LogP contribution is 2.24. The van der Waals surface area contributed by atoms with E-state index >= 15 is 0 Å². The number of nitriles is 1. The molecule has 0 N–H and O–H groups in total. The van der Waals surface area contributed by atoms with E-state index in [1.54, 1.807) is 4.90 Å². The first kappa shape index (κ1) is 16.3. The van der Waals surface area contributed by atoms with Crippen LogP contribution < -0.4 is 4.74 Å². The number of nitrogens with zero attached hydrogens (tertiary/aromatic N) is 2. The van der Waals surface area contributed by atoms with Gasteiger partial charge in [-0.2, -0.15) is 5.26 Å². The lowest BCUT2D eigenvalue weighted by Gasteiger charge is -2.23. The van der Waals surface area contributed by atoms with Gasteiger partial charge in [0.05, 0.1) is 13.2 Å². The second kappa shape index (κ2) is 7.79. The van der Waals surface area contributed by atoms with E-state index in [4.69, 9.17) is 4.74 Å². The summed E-state index contributed by atoms with van der Waals surface area (Å²) in [6.45, 7) is 1.41. The Hall–Kier alpha value is -2.09. The standard InChI is InChI=1S/C17H21FN2O2/c1-22-16-7-6-15(18)11-13(16)10-14(12-19)17(21)20-8-4-2-3-5-9-20/h6-7,11,14H,2-5,8-10H2,1H3. The van der Waals surface area contributed by atoms with Crippen LogP contribution in [0.15, 0.2) is 18.2 Å². The van der Waals surface area contributed by atoms with E-state index in [0.717, 1.165) is 25.7 Å². The summed E-state index contributed by atoms with van der Waals surface area (Å²) in [5.74, 6) is -0.843. The molecular weight excluding hydrogens is 283 g/mol. The molecule has 4 nitrogen and oxygen atoms in total. The first-order valence-corrected chi connectivity index (χ1v) is 7.66. The maximum Gasteiger partial charge on any atom is 0.240 e. The Balaban J connectivity index is 2.13. The number of rotatable bonds is 4. The number of carbonyl (C=O) groups excluding carboxylic acids is 1. The average Bonchev–Trinajstić information content (AvgIpc) is 2.81. The Morgan fingerprint density at radius 2 is 2.05 bits per heavy atom. The van der Waals surface area contributed by atoms with E-state index in [0.29, 0.717) is 24.4 Å². The van der Waals surface area contributed by atoms with Crippen molar-refractivity contribution in [2.24, 2.45) is 5.92 Å². The van der Waals surface area contributed by atoms with Gasteiger partial charge in [-0.1, -0.05) is 12.8 Å². The first-order chi connectivity index (χ1) is 10.7. The predicted molar refractivity (Wildman–Crippen MR) is 80.8 cm³/mol. The normalized spacial score (nSPS) is 16.5. The molecule has 1 aromatic rings. The number of ether oxygens (including phenoxy) is 1. The Morgan fingerprint density at radius 1 is 1.36 bits per heavy atom. The van der Waals surface area contributed by atoms with E-state index in [9.17, 15) is 14.4 Å². The molecule has 0 bridgehead atoms. The van der Waals surface area contributed by atoms with E-state index in [1.807, 2.05) is 0 Å². The molecule has 5 heteroatoms.